The highest BCUT2D eigenvalue weighted by Crippen LogP contribution is 2.16. The van der Waals surface area contributed by atoms with Crippen LogP contribution in [0.25, 0.3) is 6.08 Å². The van der Waals surface area contributed by atoms with Crippen LogP contribution in [-0.2, 0) is 0 Å². The number of anilines is 2. The fraction of sp³-hybridized carbons (Fsp3) is 0.130. The van der Waals surface area contributed by atoms with Crippen molar-refractivity contribution in [1.82, 2.24) is 0 Å². The predicted molar refractivity (Wildman–Crippen MR) is 113 cm³/mol. The van der Waals surface area contributed by atoms with E-state index >= 15 is 0 Å². The molecule has 0 unspecified atom stereocenters. The van der Waals surface area contributed by atoms with E-state index in [0.717, 1.165) is 11.3 Å². The van der Waals surface area contributed by atoms with Gasteiger partial charge in [0.25, 0.3) is 5.91 Å². The molecule has 0 saturated heterocycles. The van der Waals surface area contributed by atoms with E-state index in [1.807, 2.05) is 36.2 Å². The van der Waals surface area contributed by atoms with Crippen molar-refractivity contribution in [2.45, 2.75) is 0 Å². The highest BCUT2D eigenvalue weighted by atomic mass is 16.3. The number of aliphatic hydroxyl groups excluding tert-OH is 1. The lowest BCUT2D eigenvalue weighted by atomic mass is 10.1. The summed E-state index contributed by atoms with van der Waals surface area (Å²) in [7, 11) is 1.91. The summed E-state index contributed by atoms with van der Waals surface area (Å²) < 4.78 is 5.05. The molecule has 2 aromatic carbocycles. The van der Waals surface area contributed by atoms with Gasteiger partial charge < -0.3 is 19.7 Å². The van der Waals surface area contributed by atoms with Gasteiger partial charge in [-0.25, -0.2) is 0 Å². The molecule has 2 N–H and O–H groups in total. The molecule has 148 valence electrons. The zero-order chi connectivity index (χ0) is 20.6. The molecule has 29 heavy (non-hydrogen) atoms. The van der Waals surface area contributed by atoms with Gasteiger partial charge in [-0.15, -0.1) is 0 Å². The molecule has 1 aromatic heterocycles. The molecular weight excluding hydrogens is 368 g/mol. The Morgan fingerprint density at radius 2 is 1.79 bits per heavy atom. The summed E-state index contributed by atoms with van der Waals surface area (Å²) in [5.41, 5.74) is 3.00. The quantitative estimate of drug-likeness (QED) is 0.451. The van der Waals surface area contributed by atoms with Crippen molar-refractivity contribution in [3.8, 4) is 0 Å². The number of allylic oxidation sites excluding steroid dienone is 1. The maximum Gasteiger partial charge on any atom is 0.291 e. The lowest BCUT2D eigenvalue weighted by Gasteiger charge is -2.17. The van der Waals surface area contributed by atoms with Crippen molar-refractivity contribution in [3.63, 3.8) is 0 Å². The van der Waals surface area contributed by atoms with Crippen LogP contribution in [0.4, 0.5) is 11.4 Å². The lowest BCUT2D eigenvalue weighted by molar-refractivity contribution is 0.0996. The number of benzene rings is 2. The van der Waals surface area contributed by atoms with Crippen LogP contribution in [0.5, 0.6) is 0 Å². The molecule has 0 aliphatic carbocycles. The van der Waals surface area contributed by atoms with Crippen LogP contribution >= 0.6 is 0 Å². The molecule has 1 amide bonds. The summed E-state index contributed by atoms with van der Waals surface area (Å²) in [5.74, 6) is -0.251. The maximum absolute atomic E-state index is 12.4. The first-order chi connectivity index (χ1) is 14.1. The second-order valence-corrected chi connectivity index (χ2v) is 6.44. The lowest BCUT2D eigenvalue weighted by Crippen LogP contribution is -2.20. The van der Waals surface area contributed by atoms with Crippen molar-refractivity contribution in [2.24, 2.45) is 0 Å². The number of amides is 1. The number of carbonyl (C=O) groups excluding carboxylic acids is 2. The molecule has 0 aliphatic rings. The van der Waals surface area contributed by atoms with Crippen molar-refractivity contribution >= 4 is 29.1 Å². The zero-order valence-corrected chi connectivity index (χ0v) is 16.0. The Labute approximate surface area is 169 Å². The number of nitrogens with zero attached hydrogens (tertiary/aromatic N) is 1. The van der Waals surface area contributed by atoms with E-state index < -0.39 is 0 Å². The molecule has 3 rings (SSSR count). The van der Waals surface area contributed by atoms with Gasteiger partial charge in [0.1, 0.15) is 0 Å². The fourth-order valence-electron chi connectivity index (χ4n) is 2.71. The van der Waals surface area contributed by atoms with E-state index in [2.05, 4.69) is 5.32 Å². The van der Waals surface area contributed by atoms with Gasteiger partial charge in [-0.1, -0.05) is 18.2 Å². The van der Waals surface area contributed by atoms with Crippen LogP contribution < -0.4 is 10.2 Å². The summed E-state index contributed by atoms with van der Waals surface area (Å²) in [5, 5.41) is 11.7. The Morgan fingerprint density at radius 1 is 1.07 bits per heavy atom. The minimum atomic E-state index is -0.345. The zero-order valence-electron chi connectivity index (χ0n) is 16.0. The standard InChI is InChI=1S/C23H22N2O4/c1-25(14-15-26)20-11-4-17(5-12-20)6-13-21(27)18-7-9-19(10-8-18)24-23(28)22-3-2-16-29-22/h2-13,16,26H,14-15H2,1H3,(H,24,28)/b13-6+. The Bertz CT molecular complexity index is 975. The number of ketones is 1. The molecule has 0 radical (unpaired) electrons. The monoisotopic (exact) mass is 390 g/mol. The normalized spacial score (nSPS) is 10.8. The molecule has 6 heteroatoms. The van der Waals surface area contributed by atoms with Crippen LogP contribution in [0.2, 0.25) is 0 Å². The summed E-state index contributed by atoms with van der Waals surface area (Å²) in [6.07, 6.45) is 4.71. The predicted octanol–water partition coefficient (Wildman–Crippen LogP) is 3.86. The van der Waals surface area contributed by atoms with E-state index in [0.29, 0.717) is 17.8 Å². The third-order valence-electron chi connectivity index (χ3n) is 4.37. The maximum atomic E-state index is 12.4. The number of aliphatic hydroxyl groups is 1. The molecule has 1 heterocycles. The van der Waals surface area contributed by atoms with Crippen LogP contribution in [0.3, 0.4) is 0 Å². The summed E-state index contributed by atoms with van der Waals surface area (Å²) in [4.78, 5) is 26.3. The van der Waals surface area contributed by atoms with Gasteiger partial charge in [0.15, 0.2) is 11.5 Å². The largest absolute Gasteiger partial charge is 0.459 e. The van der Waals surface area contributed by atoms with Crippen LogP contribution in [-0.4, -0.2) is 37.0 Å². The first kappa shape index (κ1) is 20.1. The Morgan fingerprint density at radius 3 is 2.41 bits per heavy atom. The second kappa shape index (κ2) is 9.52. The molecule has 0 saturated carbocycles. The van der Waals surface area contributed by atoms with Crippen molar-refractivity contribution < 1.29 is 19.1 Å². The molecule has 0 atom stereocenters. The molecule has 0 fully saturated rings. The molecule has 0 spiro atoms. The number of furan rings is 1. The van der Waals surface area contributed by atoms with E-state index in [1.165, 1.54) is 12.3 Å². The molecule has 6 nitrogen and oxygen atoms in total. The van der Waals surface area contributed by atoms with Gasteiger partial charge in [-0.05, 0) is 60.2 Å². The van der Waals surface area contributed by atoms with E-state index in [1.54, 1.807) is 42.5 Å². The van der Waals surface area contributed by atoms with Gasteiger partial charge in [-0.3, -0.25) is 9.59 Å². The van der Waals surface area contributed by atoms with Gasteiger partial charge in [-0.2, -0.15) is 0 Å². The van der Waals surface area contributed by atoms with Gasteiger partial charge in [0.05, 0.1) is 12.9 Å². The van der Waals surface area contributed by atoms with Crippen molar-refractivity contribution in [3.05, 3.63) is 89.9 Å². The van der Waals surface area contributed by atoms with Gasteiger partial charge >= 0.3 is 0 Å². The van der Waals surface area contributed by atoms with Crippen LogP contribution in [0.1, 0.15) is 26.5 Å². The topological polar surface area (TPSA) is 82.8 Å². The average molecular weight is 390 g/mol. The first-order valence-electron chi connectivity index (χ1n) is 9.16. The molecule has 0 aliphatic heterocycles. The number of likely N-dealkylation sites (N-methyl/N-ethyl adjacent to an activating group) is 1. The third kappa shape index (κ3) is 5.43. The Balaban J connectivity index is 1.59. The summed E-state index contributed by atoms with van der Waals surface area (Å²) >= 11 is 0. The van der Waals surface area contributed by atoms with Crippen molar-refractivity contribution in [2.75, 3.05) is 30.4 Å². The number of nitrogens with one attached hydrogen (secondary N) is 1. The van der Waals surface area contributed by atoms with Crippen LogP contribution in [0.15, 0.2) is 77.4 Å². The fourth-order valence-corrected chi connectivity index (χ4v) is 2.71. The number of hydrogen-bond acceptors (Lipinski definition) is 5. The average Bonchev–Trinajstić information content (AvgIpc) is 3.28. The summed E-state index contributed by atoms with van der Waals surface area (Å²) in [6.45, 7) is 0.656. The van der Waals surface area contributed by atoms with E-state index in [9.17, 15) is 9.59 Å². The Kier molecular flexibility index (Phi) is 6.60. The number of rotatable bonds is 8. The van der Waals surface area contributed by atoms with Crippen LogP contribution in [0, 0.1) is 0 Å². The SMILES string of the molecule is CN(CCO)c1ccc(/C=C/C(=O)c2ccc(NC(=O)c3ccco3)cc2)cc1. The first-order valence-corrected chi connectivity index (χ1v) is 9.16. The number of hydrogen-bond donors (Lipinski definition) is 2. The van der Waals surface area contributed by atoms with Gasteiger partial charge in [0, 0.05) is 30.5 Å². The van der Waals surface area contributed by atoms with Gasteiger partial charge in [0.2, 0.25) is 0 Å². The molecule has 3 aromatic rings. The minimum absolute atomic E-state index is 0.0952. The number of carbonyl (C=O) groups is 2. The van der Waals surface area contributed by atoms with E-state index in [-0.39, 0.29) is 24.1 Å². The third-order valence-corrected chi connectivity index (χ3v) is 4.37. The second-order valence-electron chi connectivity index (χ2n) is 6.44. The smallest absolute Gasteiger partial charge is 0.291 e. The summed E-state index contributed by atoms with van der Waals surface area (Å²) in [6, 6.07) is 17.6. The highest BCUT2D eigenvalue weighted by Gasteiger charge is 2.09. The molecular formula is C23H22N2O4. The highest BCUT2D eigenvalue weighted by molar-refractivity contribution is 6.07. The van der Waals surface area contributed by atoms with Crippen molar-refractivity contribution in [1.29, 1.82) is 0 Å². The molecule has 0 bridgehead atoms. The minimum Gasteiger partial charge on any atom is -0.459 e. The Hall–Kier alpha value is -3.64. The van der Waals surface area contributed by atoms with E-state index in [4.69, 9.17) is 9.52 Å².